The Hall–Kier alpha value is -1.31. The van der Waals surface area contributed by atoms with Crippen molar-refractivity contribution in [2.45, 2.75) is 37.8 Å². The average molecular weight is 319 g/mol. The van der Waals surface area contributed by atoms with E-state index in [1.54, 1.807) is 20.8 Å². The highest BCUT2D eigenvalue weighted by Crippen LogP contribution is 2.28. The molecule has 1 N–H and O–H groups in total. The Labute approximate surface area is 123 Å². The second-order valence-electron chi connectivity index (χ2n) is 5.54. The van der Waals surface area contributed by atoms with E-state index in [0.29, 0.717) is 0 Å². The van der Waals surface area contributed by atoms with Gasteiger partial charge in [-0.15, -0.1) is 6.58 Å². The predicted octanol–water partition coefficient (Wildman–Crippen LogP) is 2.43. The predicted molar refractivity (Wildman–Crippen MR) is 76.1 cm³/mol. The van der Waals surface area contributed by atoms with Crippen molar-refractivity contribution in [1.82, 2.24) is 4.31 Å². The Bertz CT molecular complexity index is 636. The maximum Gasteiger partial charge on any atom is 0.246 e. The zero-order chi connectivity index (χ0) is 16.4. The monoisotopic (exact) mass is 319 g/mol. The first-order valence-corrected chi connectivity index (χ1v) is 7.72. The number of benzene rings is 1. The lowest BCUT2D eigenvalue weighted by atomic mass is 10.1. The zero-order valence-corrected chi connectivity index (χ0v) is 13.0. The molecule has 4 nitrogen and oxygen atoms in total. The van der Waals surface area contributed by atoms with Crippen LogP contribution < -0.4 is 0 Å². The van der Waals surface area contributed by atoms with Crippen molar-refractivity contribution >= 4 is 10.0 Å². The second kappa shape index (κ2) is 6.21. The van der Waals surface area contributed by atoms with Gasteiger partial charge < -0.3 is 5.11 Å². The van der Waals surface area contributed by atoms with E-state index >= 15 is 0 Å². The van der Waals surface area contributed by atoms with Gasteiger partial charge in [0.2, 0.25) is 10.0 Å². The maximum absolute atomic E-state index is 13.9. The van der Waals surface area contributed by atoms with E-state index in [1.807, 2.05) is 0 Å². The van der Waals surface area contributed by atoms with Crippen LogP contribution in [0.25, 0.3) is 0 Å². The topological polar surface area (TPSA) is 57.6 Å². The lowest BCUT2D eigenvalue weighted by molar-refractivity contribution is 0.267. The summed E-state index contributed by atoms with van der Waals surface area (Å²) in [7, 11) is -4.27. The third kappa shape index (κ3) is 3.66. The number of hydrogen-bond donors (Lipinski definition) is 1. The number of hydrogen-bond acceptors (Lipinski definition) is 3. The summed E-state index contributed by atoms with van der Waals surface area (Å²) in [5.74, 6) is -2.77. The molecule has 0 saturated heterocycles. The molecule has 0 aliphatic rings. The standard InChI is InChI=1S/C14H19F2NO3S/c1-5-6-17(14(2,3)4)21(19,20)12-8-10(9-18)7-11(15)13(12)16/h5,7-8,18H,1,6,9H2,2-4H3. The molecule has 21 heavy (non-hydrogen) atoms. The summed E-state index contributed by atoms with van der Waals surface area (Å²) in [6.45, 7) is 7.76. The lowest BCUT2D eigenvalue weighted by Crippen LogP contribution is -2.45. The maximum atomic E-state index is 13.9. The highest BCUT2D eigenvalue weighted by molar-refractivity contribution is 7.89. The number of aliphatic hydroxyl groups excluding tert-OH is 1. The first-order chi connectivity index (χ1) is 9.55. The molecule has 118 valence electrons. The number of nitrogens with zero attached hydrogens (tertiary/aromatic N) is 1. The largest absolute Gasteiger partial charge is 0.392 e. The van der Waals surface area contributed by atoms with Crippen LogP contribution in [0.4, 0.5) is 8.78 Å². The second-order valence-corrected chi connectivity index (χ2v) is 7.37. The summed E-state index contributed by atoms with van der Waals surface area (Å²) in [6.07, 6.45) is 1.37. The first kappa shape index (κ1) is 17.7. The van der Waals surface area contributed by atoms with Gasteiger partial charge in [-0.05, 0) is 38.5 Å². The SMILES string of the molecule is C=CCN(C(C)(C)C)S(=O)(=O)c1cc(CO)cc(F)c1F. The molecule has 1 aromatic rings. The van der Waals surface area contributed by atoms with E-state index in [1.165, 1.54) is 6.08 Å². The van der Waals surface area contributed by atoms with Crippen LogP contribution in [0.5, 0.6) is 0 Å². The van der Waals surface area contributed by atoms with Crippen molar-refractivity contribution in [2.24, 2.45) is 0 Å². The number of sulfonamides is 1. The Balaban J connectivity index is 3.55. The summed E-state index contributed by atoms with van der Waals surface area (Å²) >= 11 is 0. The highest BCUT2D eigenvalue weighted by atomic mass is 32.2. The van der Waals surface area contributed by atoms with Crippen LogP contribution >= 0.6 is 0 Å². The number of aliphatic hydroxyl groups is 1. The minimum Gasteiger partial charge on any atom is -0.392 e. The van der Waals surface area contributed by atoms with Crippen LogP contribution in [-0.4, -0.2) is 29.9 Å². The van der Waals surface area contributed by atoms with Gasteiger partial charge in [0.15, 0.2) is 11.6 Å². The normalized spacial score (nSPS) is 12.7. The van der Waals surface area contributed by atoms with E-state index in [-0.39, 0.29) is 12.1 Å². The molecule has 0 heterocycles. The number of rotatable bonds is 5. The summed E-state index contributed by atoms with van der Waals surface area (Å²) in [4.78, 5) is -0.789. The Kier molecular flexibility index (Phi) is 5.25. The van der Waals surface area contributed by atoms with Crippen LogP contribution in [-0.2, 0) is 16.6 Å². The van der Waals surface area contributed by atoms with Gasteiger partial charge in [-0.1, -0.05) is 6.08 Å². The average Bonchev–Trinajstić information content (AvgIpc) is 2.37. The van der Waals surface area contributed by atoms with Gasteiger partial charge in [-0.3, -0.25) is 0 Å². The van der Waals surface area contributed by atoms with Crippen molar-refractivity contribution in [2.75, 3.05) is 6.54 Å². The van der Waals surface area contributed by atoms with Gasteiger partial charge in [0, 0.05) is 12.1 Å². The van der Waals surface area contributed by atoms with Gasteiger partial charge in [0.25, 0.3) is 0 Å². The van der Waals surface area contributed by atoms with Gasteiger partial charge in [0.05, 0.1) is 6.61 Å². The lowest BCUT2D eigenvalue weighted by Gasteiger charge is -2.33. The van der Waals surface area contributed by atoms with Gasteiger partial charge in [0.1, 0.15) is 4.90 Å². The van der Waals surface area contributed by atoms with Crippen LogP contribution in [0, 0.1) is 11.6 Å². The summed E-state index contributed by atoms with van der Waals surface area (Å²) in [5, 5.41) is 9.03. The fourth-order valence-electron chi connectivity index (χ4n) is 1.86. The first-order valence-electron chi connectivity index (χ1n) is 6.28. The Morgan fingerprint density at radius 1 is 1.33 bits per heavy atom. The van der Waals surface area contributed by atoms with E-state index < -0.39 is 38.7 Å². The molecular weight excluding hydrogens is 300 g/mol. The van der Waals surface area contributed by atoms with E-state index in [9.17, 15) is 17.2 Å². The molecule has 0 radical (unpaired) electrons. The zero-order valence-electron chi connectivity index (χ0n) is 12.2. The van der Waals surface area contributed by atoms with Crippen LogP contribution in [0.15, 0.2) is 29.7 Å². The molecule has 0 atom stereocenters. The molecule has 0 unspecified atom stereocenters. The molecule has 1 rings (SSSR count). The third-order valence-corrected chi connectivity index (χ3v) is 4.98. The summed E-state index contributed by atoms with van der Waals surface area (Å²) in [5.41, 5.74) is -0.856. The molecule has 7 heteroatoms. The molecule has 0 spiro atoms. The van der Waals surface area contributed by atoms with Crippen LogP contribution in [0.3, 0.4) is 0 Å². The quantitative estimate of drug-likeness (QED) is 0.848. The summed E-state index contributed by atoms with van der Waals surface area (Å²) in [6, 6.07) is 1.71. The van der Waals surface area contributed by atoms with Crippen molar-refractivity contribution in [3.8, 4) is 0 Å². The molecule has 0 fully saturated rings. The molecular formula is C14H19F2NO3S. The molecule has 0 saturated carbocycles. The van der Waals surface area contributed by atoms with Crippen molar-refractivity contribution < 1.29 is 22.3 Å². The third-order valence-electron chi connectivity index (χ3n) is 2.85. The fraction of sp³-hybridized carbons (Fsp3) is 0.429. The minimum atomic E-state index is -4.27. The van der Waals surface area contributed by atoms with Crippen molar-refractivity contribution in [1.29, 1.82) is 0 Å². The van der Waals surface area contributed by atoms with Crippen molar-refractivity contribution in [3.05, 3.63) is 42.0 Å². The van der Waals surface area contributed by atoms with Crippen LogP contribution in [0.1, 0.15) is 26.3 Å². The van der Waals surface area contributed by atoms with Crippen molar-refractivity contribution in [3.63, 3.8) is 0 Å². The molecule has 0 aromatic heterocycles. The fourth-order valence-corrected chi connectivity index (χ4v) is 3.75. The minimum absolute atomic E-state index is 0.0139. The van der Waals surface area contributed by atoms with Crippen LogP contribution in [0.2, 0.25) is 0 Å². The molecule has 0 amide bonds. The Morgan fingerprint density at radius 3 is 2.33 bits per heavy atom. The molecule has 0 aliphatic heterocycles. The highest BCUT2D eigenvalue weighted by Gasteiger charge is 2.35. The molecule has 1 aromatic carbocycles. The molecule has 0 bridgehead atoms. The molecule has 0 aliphatic carbocycles. The van der Waals surface area contributed by atoms with Gasteiger partial charge in [-0.2, -0.15) is 4.31 Å². The van der Waals surface area contributed by atoms with Gasteiger partial charge in [-0.25, -0.2) is 17.2 Å². The van der Waals surface area contributed by atoms with E-state index in [0.717, 1.165) is 16.4 Å². The smallest absolute Gasteiger partial charge is 0.246 e. The van der Waals surface area contributed by atoms with E-state index in [2.05, 4.69) is 6.58 Å². The number of halogens is 2. The summed E-state index contributed by atoms with van der Waals surface area (Å²) < 4.78 is 53.6. The van der Waals surface area contributed by atoms with Gasteiger partial charge >= 0.3 is 0 Å². The Morgan fingerprint density at radius 2 is 1.90 bits per heavy atom. The van der Waals surface area contributed by atoms with E-state index in [4.69, 9.17) is 5.11 Å².